The van der Waals surface area contributed by atoms with Gasteiger partial charge < -0.3 is 4.90 Å². The van der Waals surface area contributed by atoms with E-state index in [0.717, 1.165) is 62.0 Å². The van der Waals surface area contributed by atoms with Gasteiger partial charge in [-0.1, -0.05) is 0 Å². The number of rotatable bonds is 3. The highest BCUT2D eigenvalue weighted by molar-refractivity contribution is 5.31. The van der Waals surface area contributed by atoms with E-state index < -0.39 is 11.9 Å². The molecule has 0 saturated carbocycles. The minimum absolute atomic E-state index is 0.0655. The van der Waals surface area contributed by atoms with Crippen LogP contribution in [0.25, 0.3) is 0 Å². The van der Waals surface area contributed by atoms with Crippen LogP contribution in [-0.4, -0.2) is 32.8 Å². The lowest BCUT2D eigenvalue weighted by Crippen LogP contribution is -2.38. The predicted octanol–water partition coefficient (Wildman–Crippen LogP) is 2.85. The second-order valence-electron chi connectivity index (χ2n) is 7.51. The summed E-state index contributed by atoms with van der Waals surface area (Å²) < 4.78 is 40.1. The average Bonchev–Trinajstić information content (AvgIpc) is 2.69. The number of nitrogens with zero attached hydrogens (tertiary/aromatic N) is 5. The Labute approximate surface area is 160 Å². The summed E-state index contributed by atoms with van der Waals surface area (Å²) in [6.45, 7) is 1.67. The van der Waals surface area contributed by atoms with Crippen LogP contribution in [0.15, 0.2) is 23.1 Å². The van der Waals surface area contributed by atoms with Crippen LogP contribution >= 0.6 is 0 Å². The first kappa shape index (κ1) is 18.9. The molecule has 6 nitrogen and oxygen atoms in total. The van der Waals surface area contributed by atoms with E-state index in [1.165, 1.54) is 0 Å². The smallest absolute Gasteiger partial charge is 0.341 e. The van der Waals surface area contributed by atoms with Crippen molar-refractivity contribution in [3.8, 4) is 0 Å². The summed E-state index contributed by atoms with van der Waals surface area (Å²) in [5, 5.41) is 4.56. The van der Waals surface area contributed by atoms with Gasteiger partial charge in [0.05, 0.1) is 5.69 Å². The highest BCUT2D eigenvalue weighted by Gasteiger charge is 2.33. The second kappa shape index (κ2) is 7.52. The molecule has 0 N–H and O–H groups in total. The van der Waals surface area contributed by atoms with Crippen molar-refractivity contribution in [1.82, 2.24) is 19.7 Å². The molecule has 0 spiro atoms. The van der Waals surface area contributed by atoms with Gasteiger partial charge in [-0.05, 0) is 56.1 Å². The molecule has 3 heterocycles. The number of hydrogen-bond acceptors (Lipinski definition) is 5. The topological polar surface area (TPSA) is 63.9 Å². The van der Waals surface area contributed by atoms with Gasteiger partial charge in [0.15, 0.2) is 0 Å². The van der Waals surface area contributed by atoms with E-state index in [4.69, 9.17) is 0 Å². The van der Waals surface area contributed by atoms with E-state index in [2.05, 4.69) is 15.1 Å². The minimum Gasteiger partial charge on any atom is -0.341 e. The number of hydrogen-bond donors (Lipinski definition) is 0. The minimum atomic E-state index is -4.48. The van der Waals surface area contributed by atoms with Crippen LogP contribution in [0.2, 0.25) is 0 Å². The average molecular weight is 393 g/mol. The lowest BCUT2D eigenvalue weighted by molar-refractivity contribution is -0.141. The van der Waals surface area contributed by atoms with Gasteiger partial charge in [0, 0.05) is 31.9 Å². The third-order valence-electron chi connectivity index (χ3n) is 5.54. The fourth-order valence-electron chi connectivity index (χ4n) is 3.95. The molecule has 2 aliphatic rings. The Morgan fingerprint density at radius 2 is 1.89 bits per heavy atom. The molecule has 0 atom stereocenters. The number of anilines is 1. The first-order chi connectivity index (χ1) is 13.4. The first-order valence-corrected chi connectivity index (χ1v) is 9.65. The third-order valence-corrected chi connectivity index (χ3v) is 5.54. The zero-order valence-corrected chi connectivity index (χ0v) is 15.5. The number of aryl methyl sites for hydroxylation is 2. The molecule has 1 aliphatic heterocycles. The Bertz CT molecular complexity index is 903. The van der Waals surface area contributed by atoms with Gasteiger partial charge in [-0.25, -0.2) is 14.6 Å². The van der Waals surface area contributed by atoms with Gasteiger partial charge in [0.2, 0.25) is 5.95 Å². The maximum absolute atomic E-state index is 12.8. The third kappa shape index (κ3) is 4.02. The van der Waals surface area contributed by atoms with Crippen LogP contribution in [0, 0.1) is 5.92 Å². The summed E-state index contributed by atoms with van der Waals surface area (Å²) >= 11 is 0. The fourth-order valence-corrected chi connectivity index (χ4v) is 3.95. The number of piperidine rings is 1. The van der Waals surface area contributed by atoms with Crippen molar-refractivity contribution in [2.24, 2.45) is 5.92 Å². The van der Waals surface area contributed by atoms with Crippen LogP contribution in [0.3, 0.4) is 0 Å². The van der Waals surface area contributed by atoms with Crippen molar-refractivity contribution < 1.29 is 13.2 Å². The molecular weight excluding hydrogens is 371 g/mol. The molecule has 28 heavy (non-hydrogen) atoms. The van der Waals surface area contributed by atoms with Crippen molar-refractivity contribution in [3.05, 3.63) is 45.6 Å². The molecule has 0 amide bonds. The predicted molar refractivity (Wildman–Crippen MR) is 97.1 cm³/mol. The molecule has 2 aromatic rings. The van der Waals surface area contributed by atoms with Crippen molar-refractivity contribution in [3.63, 3.8) is 0 Å². The van der Waals surface area contributed by atoms with Crippen molar-refractivity contribution in [1.29, 1.82) is 0 Å². The molecule has 1 saturated heterocycles. The van der Waals surface area contributed by atoms with Gasteiger partial charge in [0.1, 0.15) is 5.69 Å². The van der Waals surface area contributed by atoms with Gasteiger partial charge in [-0.15, -0.1) is 0 Å². The van der Waals surface area contributed by atoms with E-state index in [1.807, 2.05) is 0 Å². The maximum Gasteiger partial charge on any atom is 0.433 e. The molecule has 2 aromatic heterocycles. The van der Waals surface area contributed by atoms with E-state index in [0.29, 0.717) is 19.6 Å². The summed E-state index contributed by atoms with van der Waals surface area (Å²) in [7, 11) is 0. The van der Waals surface area contributed by atoms with E-state index in [9.17, 15) is 18.0 Å². The van der Waals surface area contributed by atoms with Crippen molar-refractivity contribution in [2.45, 2.75) is 51.2 Å². The zero-order valence-electron chi connectivity index (χ0n) is 15.5. The van der Waals surface area contributed by atoms with Crippen LogP contribution in [0.1, 0.15) is 42.6 Å². The highest BCUT2D eigenvalue weighted by atomic mass is 19.4. The summed E-state index contributed by atoms with van der Waals surface area (Å²) in [5.74, 6) is 0.367. The van der Waals surface area contributed by atoms with Crippen molar-refractivity contribution in [2.75, 3.05) is 18.0 Å². The number of fused-ring (bicyclic) bond motifs is 1. The maximum atomic E-state index is 12.8. The van der Waals surface area contributed by atoms with Gasteiger partial charge in [-0.3, -0.25) is 4.79 Å². The van der Waals surface area contributed by atoms with Crippen molar-refractivity contribution >= 4 is 5.95 Å². The molecule has 4 rings (SSSR count). The summed E-state index contributed by atoms with van der Waals surface area (Å²) in [6.07, 6.45) is 2.23. The second-order valence-corrected chi connectivity index (χ2v) is 7.51. The fraction of sp³-hybridized carbons (Fsp3) is 0.579. The molecule has 1 fully saturated rings. The molecule has 0 unspecified atom stereocenters. The first-order valence-electron chi connectivity index (χ1n) is 9.65. The van der Waals surface area contributed by atoms with Crippen LogP contribution in [0.4, 0.5) is 19.1 Å². The normalized spacial score (nSPS) is 18.2. The Kier molecular flexibility index (Phi) is 5.07. The number of alkyl halides is 3. The van der Waals surface area contributed by atoms with Gasteiger partial charge in [-0.2, -0.15) is 18.3 Å². The number of halogens is 3. The summed E-state index contributed by atoms with van der Waals surface area (Å²) in [6, 6.07) is 2.59. The van der Waals surface area contributed by atoms with Crippen LogP contribution < -0.4 is 10.5 Å². The SMILES string of the molecule is O=c1cc2c(nn1CC1CCN(c3nccc(C(F)(F)F)n3)CC1)CCCC2. The van der Waals surface area contributed by atoms with Crippen LogP contribution in [-0.2, 0) is 25.6 Å². The van der Waals surface area contributed by atoms with Crippen LogP contribution in [0.5, 0.6) is 0 Å². The van der Waals surface area contributed by atoms with Gasteiger partial charge in [0.25, 0.3) is 5.56 Å². The lowest BCUT2D eigenvalue weighted by Gasteiger charge is -2.32. The Morgan fingerprint density at radius 3 is 2.64 bits per heavy atom. The Balaban J connectivity index is 1.41. The molecule has 0 bridgehead atoms. The molecule has 0 radical (unpaired) electrons. The van der Waals surface area contributed by atoms with Gasteiger partial charge >= 0.3 is 6.18 Å². The Morgan fingerprint density at radius 1 is 1.14 bits per heavy atom. The lowest BCUT2D eigenvalue weighted by atomic mass is 9.96. The summed E-state index contributed by atoms with van der Waals surface area (Å²) in [5.41, 5.74) is 1.11. The monoisotopic (exact) mass is 393 g/mol. The molecule has 1 aliphatic carbocycles. The van der Waals surface area contributed by atoms with E-state index in [1.54, 1.807) is 15.6 Å². The molecule has 0 aromatic carbocycles. The van der Waals surface area contributed by atoms with E-state index >= 15 is 0 Å². The Hall–Kier alpha value is -2.45. The zero-order chi connectivity index (χ0) is 19.7. The van der Waals surface area contributed by atoms with E-state index in [-0.39, 0.29) is 17.4 Å². The quantitative estimate of drug-likeness (QED) is 0.803. The molecule has 9 heteroatoms. The summed E-state index contributed by atoms with van der Waals surface area (Å²) in [4.78, 5) is 21.8. The largest absolute Gasteiger partial charge is 0.433 e. The molecule has 150 valence electrons. The highest BCUT2D eigenvalue weighted by Crippen LogP contribution is 2.29. The number of aromatic nitrogens is 4. The molecular formula is C19H22F3N5O. The standard InChI is InChI=1S/C19H22F3N5O/c20-19(21,22)16-5-8-23-18(24-16)26-9-6-13(7-10-26)12-27-17(28)11-14-3-1-2-4-15(14)25-27/h5,8,11,13H,1-4,6-7,9-10,12H2.